The molecule has 1 aromatic carbocycles. The lowest BCUT2D eigenvalue weighted by molar-refractivity contribution is -0.140. The number of ketones is 3. The Labute approximate surface area is 382 Å². The van der Waals surface area contributed by atoms with Crippen molar-refractivity contribution in [2.75, 3.05) is 25.5 Å². The molecule has 1 aliphatic heterocycles. The molecule has 17 nitrogen and oxygen atoms in total. The van der Waals surface area contributed by atoms with Crippen LogP contribution in [0.25, 0.3) is 0 Å². The number of imidazole rings is 1. The number of hydrogen-bond donors (Lipinski definition) is 8. The number of nitrogens with two attached hydrogens (primary N) is 2. The van der Waals surface area contributed by atoms with Gasteiger partial charge in [-0.1, -0.05) is 57.0 Å². The van der Waals surface area contributed by atoms with Gasteiger partial charge in [-0.3, -0.25) is 33.6 Å². The first-order valence-electron chi connectivity index (χ1n) is 22.6. The number of aliphatic hydroxyl groups excluding tert-OH is 2. The molecule has 0 aliphatic carbocycles. The van der Waals surface area contributed by atoms with Crippen molar-refractivity contribution in [2.24, 2.45) is 29.2 Å². The van der Waals surface area contributed by atoms with Crippen molar-refractivity contribution < 1.29 is 48.5 Å². The quantitative estimate of drug-likeness (QED) is 0.0388. The highest BCUT2D eigenvalue weighted by Gasteiger charge is 2.41. The van der Waals surface area contributed by atoms with E-state index in [2.05, 4.69) is 45.4 Å². The van der Waals surface area contributed by atoms with Gasteiger partial charge in [0.25, 0.3) is 0 Å². The number of likely N-dealkylation sites (tertiary alicyclic amines) is 1. The summed E-state index contributed by atoms with van der Waals surface area (Å²) >= 11 is 4.09. The van der Waals surface area contributed by atoms with Crippen LogP contribution in [0.5, 0.6) is 0 Å². The molecule has 9 N–H and O–H groups in total. The minimum Gasteiger partial charge on any atom is -0.394 e. The summed E-state index contributed by atoms with van der Waals surface area (Å²) in [6.45, 7) is 4.94. The van der Waals surface area contributed by atoms with Gasteiger partial charge in [-0.25, -0.2) is 4.98 Å². The van der Waals surface area contributed by atoms with Crippen LogP contribution in [0.3, 0.4) is 0 Å². The average molecular weight is 914 g/mol. The molecule has 0 saturated carbocycles. The summed E-state index contributed by atoms with van der Waals surface area (Å²) in [4.78, 5) is 102. The highest BCUT2D eigenvalue weighted by atomic mass is 32.1. The molecule has 4 amide bonds. The maximum atomic E-state index is 14.2. The van der Waals surface area contributed by atoms with Gasteiger partial charge in [-0.15, -0.1) is 0 Å². The van der Waals surface area contributed by atoms with Gasteiger partial charge >= 0.3 is 0 Å². The predicted molar refractivity (Wildman–Crippen MR) is 244 cm³/mol. The minimum absolute atomic E-state index is 0.00137. The van der Waals surface area contributed by atoms with Crippen molar-refractivity contribution in [3.63, 3.8) is 0 Å². The molecule has 0 bridgehead atoms. The van der Waals surface area contributed by atoms with Gasteiger partial charge in [-0.2, -0.15) is 12.6 Å². The van der Waals surface area contributed by atoms with E-state index in [1.807, 2.05) is 32.0 Å². The van der Waals surface area contributed by atoms with Gasteiger partial charge in [0, 0.05) is 69.3 Å². The zero-order chi connectivity index (χ0) is 47.2. The van der Waals surface area contributed by atoms with Crippen LogP contribution in [0.15, 0.2) is 42.9 Å². The smallest absolute Gasteiger partial charge is 0.243 e. The Kier molecular flexibility index (Phi) is 23.9. The van der Waals surface area contributed by atoms with Crippen molar-refractivity contribution in [3.8, 4) is 0 Å². The Morgan fingerprint density at radius 1 is 0.922 bits per heavy atom. The number of carbonyl (C=O) groups excluding carboxylic acids is 7. The molecule has 2 aromatic rings. The standard InChI is InChI=1S/C46H71N7O10S/c1-29(2)19-37(41(57)21-32(20-33-24-49-28-50-33)45(61)52-38(26-54)42(58)23-35(30(3)55)44(48)60)51-46(62)39-22-34(63-18-12-11-15-31-13-7-6-8-14-31)25-53(39)43(59)17-10-5-4-9-16-40(56)36(47)27-64/h6-8,13-14,24,28-30,32,34-39,54-55,64H,4-5,9-12,15-23,25-27,47H2,1-3H3,(H2,48,60)(H,49,50)(H,51,62)(H,52,61)/t30-,32-,34-,35+,36?,37+,38+,39+/m1/s1. The lowest BCUT2D eigenvalue weighted by atomic mass is 9.89. The van der Waals surface area contributed by atoms with Crippen molar-refractivity contribution in [1.82, 2.24) is 25.5 Å². The molecular weight excluding hydrogens is 843 g/mol. The van der Waals surface area contributed by atoms with E-state index < -0.39 is 90.5 Å². The molecule has 1 fully saturated rings. The third-order valence-electron chi connectivity index (χ3n) is 11.6. The Morgan fingerprint density at radius 2 is 1.61 bits per heavy atom. The number of benzene rings is 1. The number of aromatic amines is 1. The number of hydrogen-bond acceptors (Lipinski definition) is 13. The number of aromatic nitrogens is 2. The summed E-state index contributed by atoms with van der Waals surface area (Å²) in [5, 5.41) is 25.4. The first kappa shape index (κ1) is 53.8. The number of H-pyrrole nitrogens is 1. The highest BCUT2D eigenvalue weighted by Crippen LogP contribution is 2.25. The van der Waals surface area contributed by atoms with Crippen LogP contribution in [-0.2, 0) is 51.1 Å². The summed E-state index contributed by atoms with van der Waals surface area (Å²) < 4.78 is 6.24. The van der Waals surface area contributed by atoms with Gasteiger partial charge in [0.2, 0.25) is 23.6 Å². The summed E-state index contributed by atoms with van der Waals surface area (Å²) in [6, 6.07) is 6.16. The molecule has 1 aliphatic rings. The highest BCUT2D eigenvalue weighted by molar-refractivity contribution is 7.80. The molecule has 1 aromatic heterocycles. The number of ether oxygens (including phenoxy) is 1. The average Bonchev–Trinajstić information content (AvgIpc) is 3.95. The Hall–Kier alpha value is -4.49. The van der Waals surface area contributed by atoms with Crippen LogP contribution in [0.4, 0.5) is 0 Å². The van der Waals surface area contributed by atoms with Crippen molar-refractivity contribution >= 4 is 53.6 Å². The number of nitrogens with zero attached hydrogens (tertiary/aromatic N) is 2. The van der Waals surface area contributed by atoms with Gasteiger partial charge in [0.15, 0.2) is 11.6 Å². The number of aliphatic hydroxyl groups is 2. The molecule has 64 heavy (non-hydrogen) atoms. The number of thiol groups is 1. The van der Waals surface area contributed by atoms with Gasteiger partial charge in [0.1, 0.15) is 17.9 Å². The second-order valence-electron chi connectivity index (χ2n) is 17.4. The van der Waals surface area contributed by atoms with Crippen LogP contribution in [0, 0.1) is 17.8 Å². The van der Waals surface area contributed by atoms with Crippen LogP contribution >= 0.6 is 12.6 Å². The van der Waals surface area contributed by atoms with E-state index in [1.54, 1.807) is 0 Å². The van der Waals surface area contributed by atoms with E-state index in [9.17, 15) is 43.8 Å². The Balaban J connectivity index is 1.74. The van der Waals surface area contributed by atoms with Crippen LogP contribution in [0.1, 0.15) is 109 Å². The van der Waals surface area contributed by atoms with E-state index in [0.717, 1.165) is 25.7 Å². The molecular formula is C46H71N7O10S. The van der Waals surface area contributed by atoms with Crippen molar-refractivity contribution in [3.05, 3.63) is 54.1 Å². The lowest BCUT2D eigenvalue weighted by Gasteiger charge is -2.28. The van der Waals surface area contributed by atoms with Gasteiger partial charge < -0.3 is 46.9 Å². The molecule has 3 rings (SSSR count). The third kappa shape index (κ3) is 18.5. The Bertz CT molecular complexity index is 1780. The van der Waals surface area contributed by atoms with Gasteiger partial charge in [0.05, 0.1) is 49.1 Å². The number of rotatable bonds is 32. The summed E-state index contributed by atoms with van der Waals surface area (Å²) in [5.74, 6) is -5.69. The lowest BCUT2D eigenvalue weighted by Crippen LogP contribution is -2.52. The third-order valence-corrected chi connectivity index (χ3v) is 12.0. The molecule has 356 valence electrons. The first-order chi connectivity index (χ1) is 30.5. The summed E-state index contributed by atoms with van der Waals surface area (Å²) in [7, 11) is 0. The maximum Gasteiger partial charge on any atom is 0.243 e. The van der Waals surface area contributed by atoms with E-state index in [0.29, 0.717) is 38.0 Å². The number of amides is 4. The van der Waals surface area contributed by atoms with Gasteiger partial charge in [-0.05, 0) is 56.9 Å². The molecule has 1 unspecified atom stereocenters. The largest absolute Gasteiger partial charge is 0.394 e. The minimum atomic E-state index is -1.45. The maximum absolute atomic E-state index is 14.2. The zero-order valence-electron chi connectivity index (χ0n) is 37.6. The second kappa shape index (κ2) is 28.4. The van der Waals surface area contributed by atoms with Crippen LogP contribution < -0.4 is 22.1 Å². The van der Waals surface area contributed by atoms with Crippen LogP contribution in [-0.4, -0.2) is 128 Å². The number of primary amides is 1. The molecule has 8 atom stereocenters. The van der Waals surface area contributed by atoms with E-state index in [4.69, 9.17) is 16.2 Å². The topological polar surface area (TPSA) is 277 Å². The fourth-order valence-electron chi connectivity index (χ4n) is 7.83. The molecule has 0 radical (unpaired) electrons. The SMILES string of the molecule is CC(C)C[C@H](NC(=O)[C@@H]1C[C@@H](OCCCCc2ccccc2)CN1C(=O)CCCCCCC(=O)C(N)CS)C(=O)C[C@@H](Cc1cnc[nH]1)C(=O)N[C@@H](CO)C(=O)C[C@H](C(N)=O)[C@@H](C)O. The number of carbonyl (C=O) groups is 7. The normalized spacial score (nSPS) is 17.8. The summed E-state index contributed by atoms with van der Waals surface area (Å²) in [6.07, 6.45) is 6.64. The zero-order valence-corrected chi connectivity index (χ0v) is 38.5. The number of nitrogens with one attached hydrogen (secondary N) is 3. The fraction of sp³-hybridized carbons (Fsp3) is 0.652. The molecule has 1 saturated heterocycles. The number of Topliss-reactive ketones (excluding diaryl/α,β-unsaturated/α-hetero) is 3. The molecule has 2 heterocycles. The summed E-state index contributed by atoms with van der Waals surface area (Å²) in [5.41, 5.74) is 12.9. The van der Waals surface area contributed by atoms with E-state index in [-0.39, 0.29) is 62.0 Å². The van der Waals surface area contributed by atoms with E-state index in [1.165, 1.54) is 29.9 Å². The molecule has 0 spiro atoms. The number of aryl methyl sites for hydroxylation is 1. The fourth-order valence-corrected chi connectivity index (χ4v) is 8.03. The van der Waals surface area contributed by atoms with Crippen molar-refractivity contribution in [1.29, 1.82) is 0 Å². The predicted octanol–water partition coefficient (Wildman–Crippen LogP) is 2.15. The van der Waals surface area contributed by atoms with E-state index >= 15 is 0 Å². The number of unbranched alkanes of at least 4 members (excludes halogenated alkanes) is 4. The first-order valence-corrected chi connectivity index (χ1v) is 23.2. The van der Waals surface area contributed by atoms with Crippen molar-refractivity contribution in [2.45, 2.75) is 147 Å². The van der Waals surface area contributed by atoms with Crippen LogP contribution in [0.2, 0.25) is 0 Å². The molecule has 18 heteroatoms. The second-order valence-corrected chi connectivity index (χ2v) is 17.8. The Morgan fingerprint density at radius 3 is 2.22 bits per heavy atom. The monoisotopic (exact) mass is 913 g/mol.